The van der Waals surface area contributed by atoms with Crippen LogP contribution in [0.2, 0.25) is 0 Å². The van der Waals surface area contributed by atoms with E-state index >= 15 is 0 Å². The zero-order valence-corrected chi connectivity index (χ0v) is 11.2. The van der Waals surface area contributed by atoms with Crippen molar-refractivity contribution in [3.05, 3.63) is 53.1 Å². The molecule has 0 aliphatic heterocycles. The van der Waals surface area contributed by atoms with Crippen LogP contribution in [-0.4, -0.2) is 18.0 Å². The molecule has 2 aromatic rings. The number of amides is 1. The van der Waals surface area contributed by atoms with Gasteiger partial charge in [0.1, 0.15) is 5.75 Å². The van der Waals surface area contributed by atoms with Crippen molar-refractivity contribution >= 4 is 11.6 Å². The molecule has 0 unspecified atom stereocenters. The minimum atomic E-state index is -1.10. The molecule has 1 aromatic carbocycles. The molecule has 0 saturated heterocycles. The van der Waals surface area contributed by atoms with Gasteiger partial charge in [-0.15, -0.1) is 0 Å². The molecule has 1 N–H and O–H groups in total. The quantitative estimate of drug-likeness (QED) is 0.947. The number of ether oxygens (including phenoxy) is 1. The van der Waals surface area contributed by atoms with Crippen LogP contribution < -0.4 is 10.1 Å². The Hall–Kier alpha value is -2.57. The van der Waals surface area contributed by atoms with Crippen LogP contribution in [-0.2, 0) is 0 Å². The summed E-state index contributed by atoms with van der Waals surface area (Å²) in [6, 6.07) is 3.04. The summed E-state index contributed by atoms with van der Waals surface area (Å²) in [4.78, 5) is 15.5. The van der Waals surface area contributed by atoms with Gasteiger partial charge in [0.05, 0.1) is 13.3 Å². The van der Waals surface area contributed by atoms with Crippen LogP contribution >= 0.6 is 0 Å². The second-order valence-electron chi connectivity index (χ2n) is 4.25. The lowest BCUT2D eigenvalue weighted by Crippen LogP contribution is -2.16. The van der Waals surface area contributed by atoms with E-state index in [-0.39, 0.29) is 17.0 Å². The first-order valence-electron chi connectivity index (χ1n) is 5.89. The number of aromatic nitrogens is 1. The van der Waals surface area contributed by atoms with Crippen molar-refractivity contribution in [1.29, 1.82) is 0 Å². The number of hydrogen-bond acceptors (Lipinski definition) is 3. The monoisotopic (exact) mass is 296 g/mol. The van der Waals surface area contributed by atoms with E-state index in [0.29, 0.717) is 0 Å². The Bertz CT molecular complexity index is 682. The SMILES string of the molecule is COc1cnc(C(=O)Nc2cc(C)c(F)c(F)c2)c(F)c1. The highest BCUT2D eigenvalue weighted by Gasteiger charge is 2.16. The van der Waals surface area contributed by atoms with Gasteiger partial charge in [-0.3, -0.25) is 4.79 Å². The molecule has 1 aromatic heterocycles. The number of hydrogen-bond donors (Lipinski definition) is 1. The Morgan fingerprint density at radius 2 is 1.90 bits per heavy atom. The molecule has 0 fully saturated rings. The number of anilines is 1. The summed E-state index contributed by atoms with van der Waals surface area (Å²) in [5.41, 5.74) is -0.444. The van der Waals surface area contributed by atoms with Gasteiger partial charge in [0, 0.05) is 17.8 Å². The van der Waals surface area contributed by atoms with Gasteiger partial charge in [0.2, 0.25) is 0 Å². The van der Waals surface area contributed by atoms with Gasteiger partial charge < -0.3 is 10.1 Å². The number of carbonyl (C=O) groups excluding carboxylic acids is 1. The standard InChI is InChI=1S/C14H11F3N2O2/c1-7-3-8(4-10(15)12(7)17)19-14(20)13-11(16)5-9(21-2)6-18-13/h3-6H,1-2H3,(H,19,20). The Balaban J connectivity index is 2.26. The van der Waals surface area contributed by atoms with E-state index in [1.165, 1.54) is 26.3 Å². The first-order valence-corrected chi connectivity index (χ1v) is 5.89. The van der Waals surface area contributed by atoms with Crippen molar-refractivity contribution in [2.24, 2.45) is 0 Å². The van der Waals surface area contributed by atoms with Crippen molar-refractivity contribution in [3.63, 3.8) is 0 Å². The predicted octanol–water partition coefficient (Wildman–Crippen LogP) is 3.07. The summed E-state index contributed by atoms with van der Waals surface area (Å²) in [5, 5.41) is 2.26. The summed E-state index contributed by atoms with van der Waals surface area (Å²) in [6.07, 6.45) is 1.18. The van der Waals surface area contributed by atoms with Gasteiger partial charge in [-0.25, -0.2) is 18.2 Å². The fourth-order valence-corrected chi connectivity index (χ4v) is 1.69. The van der Waals surface area contributed by atoms with Crippen molar-refractivity contribution in [1.82, 2.24) is 4.98 Å². The van der Waals surface area contributed by atoms with Gasteiger partial charge in [-0.1, -0.05) is 0 Å². The first kappa shape index (κ1) is 14.8. The fourth-order valence-electron chi connectivity index (χ4n) is 1.69. The molecule has 0 bridgehead atoms. The molecule has 0 aliphatic carbocycles. The maximum absolute atomic E-state index is 13.7. The van der Waals surface area contributed by atoms with Crippen LogP contribution in [0.3, 0.4) is 0 Å². The summed E-state index contributed by atoms with van der Waals surface area (Å²) < 4.78 is 44.8. The summed E-state index contributed by atoms with van der Waals surface area (Å²) in [7, 11) is 1.33. The van der Waals surface area contributed by atoms with Gasteiger partial charge in [0.25, 0.3) is 5.91 Å². The van der Waals surface area contributed by atoms with Crippen molar-refractivity contribution in [2.45, 2.75) is 6.92 Å². The summed E-state index contributed by atoms with van der Waals surface area (Å²) in [6.45, 7) is 1.35. The van der Waals surface area contributed by atoms with E-state index in [2.05, 4.69) is 10.3 Å². The third-order valence-electron chi connectivity index (χ3n) is 2.73. The fraction of sp³-hybridized carbons (Fsp3) is 0.143. The van der Waals surface area contributed by atoms with Crippen LogP contribution in [0.5, 0.6) is 5.75 Å². The predicted molar refractivity (Wildman–Crippen MR) is 69.8 cm³/mol. The maximum Gasteiger partial charge on any atom is 0.277 e. The lowest BCUT2D eigenvalue weighted by molar-refractivity contribution is 0.101. The van der Waals surface area contributed by atoms with Crippen LogP contribution in [0.15, 0.2) is 24.4 Å². The number of rotatable bonds is 3. The average Bonchev–Trinajstić information content (AvgIpc) is 2.44. The molecule has 0 radical (unpaired) electrons. The zero-order valence-electron chi connectivity index (χ0n) is 11.2. The highest BCUT2D eigenvalue weighted by Crippen LogP contribution is 2.19. The lowest BCUT2D eigenvalue weighted by Gasteiger charge is -2.08. The third-order valence-corrected chi connectivity index (χ3v) is 2.73. The molecule has 1 amide bonds. The number of nitrogens with zero attached hydrogens (tertiary/aromatic N) is 1. The normalized spacial score (nSPS) is 10.3. The Kier molecular flexibility index (Phi) is 4.11. The highest BCUT2D eigenvalue weighted by molar-refractivity contribution is 6.03. The molecule has 110 valence electrons. The van der Waals surface area contributed by atoms with Crippen LogP contribution in [0, 0.1) is 24.4 Å². The van der Waals surface area contributed by atoms with E-state index in [9.17, 15) is 18.0 Å². The van der Waals surface area contributed by atoms with Crippen LogP contribution in [0.1, 0.15) is 16.1 Å². The number of nitrogens with one attached hydrogen (secondary N) is 1. The third kappa shape index (κ3) is 3.13. The number of halogens is 3. The molecule has 0 atom stereocenters. The Morgan fingerprint density at radius 3 is 2.48 bits per heavy atom. The number of aryl methyl sites for hydroxylation is 1. The largest absolute Gasteiger partial charge is 0.495 e. The summed E-state index contributed by atoms with van der Waals surface area (Å²) in [5.74, 6) is -3.70. The van der Waals surface area contributed by atoms with E-state index in [1.54, 1.807) is 0 Å². The van der Waals surface area contributed by atoms with Gasteiger partial charge in [-0.05, 0) is 18.6 Å². The highest BCUT2D eigenvalue weighted by atomic mass is 19.2. The van der Waals surface area contributed by atoms with Gasteiger partial charge in [0.15, 0.2) is 23.1 Å². The average molecular weight is 296 g/mol. The molecule has 4 nitrogen and oxygen atoms in total. The second kappa shape index (κ2) is 5.82. The molecule has 0 spiro atoms. The van der Waals surface area contributed by atoms with Crippen molar-refractivity contribution < 1.29 is 22.7 Å². The van der Waals surface area contributed by atoms with Crippen LogP contribution in [0.4, 0.5) is 18.9 Å². The molecular formula is C14H11F3N2O2. The minimum Gasteiger partial charge on any atom is -0.495 e. The lowest BCUT2D eigenvalue weighted by atomic mass is 10.2. The minimum absolute atomic E-state index is 0.00779. The Morgan fingerprint density at radius 1 is 1.19 bits per heavy atom. The zero-order chi connectivity index (χ0) is 15.6. The number of pyridine rings is 1. The molecular weight excluding hydrogens is 285 g/mol. The first-order chi connectivity index (χ1) is 9.92. The molecule has 7 heteroatoms. The van der Waals surface area contributed by atoms with Crippen molar-refractivity contribution in [3.8, 4) is 5.75 Å². The molecule has 1 heterocycles. The Labute approximate surface area is 118 Å². The van der Waals surface area contributed by atoms with Gasteiger partial charge in [-0.2, -0.15) is 0 Å². The van der Waals surface area contributed by atoms with E-state index in [1.807, 2.05) is 0 Å². The molecule has 0 aliphatic rings. The van der Waals surface area contributed by atoms with Crippen molar-refractivity contribution in [2.75, 3.05) is 12.4 Å². The van der Waals surface area contributed by atoms with E-state index in [0.717, 1.165) is 12.1 Å². The molecule has 21 heavy (non-hydrogen) atoms. The second-order valence-corrected chi connectivity index (χ2v) is 4.25. The smallest absolute Gasteiger partial charge is 0.277 e. The number of carbonyl (C=O) groups is 1. The topological polar surface area (TPSA) is 51.2 Å². The molecule has 2 rings (SSSR count). The summed E-state index contributed by atoms with van der Waals surface area (Å²) >= 11 is 0. The van der Waals surface area contributed by atoms with Gasteiger partial charge >= 0.3 is 0 Å². The van der Waals surface area contributed by atoms with Crippen LogP contribution in [0.25, 0.3) is 0 Å². The van der Waals surface area contributed by atoms with E-state index in [4.69, 9.17) is 4.74 Å². The number of methoxy groups -OCH3 is 1. The number of benzene rings is 1. The molecule has 0 saturated carbocycles. The maximum atomic E-state index is 13.7. The van der Waals surface area contributed by atoms with E-state index < -0.39 is 29.1 Å².